The maximum absolute atomic E-state index is 12.4. The number of hydrogen-bond donors (Lipinski definition) is 1. The van der Waals surface area contributed by atoms with Crippen LogP contribution in [0, 0.1) is 5.92 Å². The Morgan fingerprint density at radius 2 is 1.83 bits per heavy atom. The van der Waals surface area contributed by atoms with E-state index in [0.29, 0.717) is 19.0 Å². The number of carbonyl (C=O) groups excluding carboxylic acids is 2. The Hall–Kier alpha value is -1.84. The van der Waals surface area contributed by atoms with Crippen molar-refractivity contribution in [2.24, 2.45) is 5.92 Å². The van der Waals surface area contributed by atoms with Crippen LogP contribution in [0.25, 0.3) is 0 Å². The molecule has 1 aromatic carbocycles. The topological polar surface area (TPSA) is 49.4 Å². The molecule has 3 rings (SSSR count). The van der Waals surface area contributed by atoms with Gasteiger partial charge < -0.3 is 10.2 Å². The van der Waals surface area contributed by atoms with Crippen LogP contribution in [-0.2, 0) is 15.0 Å². The summed E-state index contributed by atoms with van der Waals surface area (Å²) in [7, 11) is 0. The van der Waals surface area contributed by atoms with Crippen LogP contribution in [0.15, 0.2) is 24.3 Å². The molecule has 1 atom stereocenters. The third kappa shape index (κ3) is 3.41. The van der Waals surface area contributed by atoms with Crippen molar-refractivity contribution in [3.05, 3.63) is 29.8 Å². The van der Waals surface area contributed by atoms with E-state index in [1.807, 2.05) is 17.0 Å². The Bertz CT molecular complexity index is 597. The number of anilines is 1. The highest BCUT2D eigenvalue weighted by molar-refractivity contribution is 5.97. The lowest BCUT2D eigenvalue weighted by Crippen LogP contribution is -2.41. The summed E-state index contributed by atoms with van der Waals surface area (Å²) in [5.74, 6) is -0.119. The highest BCUT2D eigenvalue weighted by atomic mass is 16.2. The van der Waals surface area contributed by atoms with E-state index in [9.17, 15) is 9.59 Å². The summed E-state index contributed by atoms with van der Waals surface area (Å²) in [6.07, 6.45) is 3.73. The van der Waals surface area contributed by atoms with E-state index in [0.717, 1.165) is 18.5 Å². The molecular formula is C19H26N2O2. The van der Waals surface area contributed by atoms with Crippen LogP contribution in [0.4, 0.5) is 5.69 Å². The monoisotopic (exact) mass is 314 g/mol. The first kappa shape index (κ1) is 16.0. The van der Waals surface area contributed by atoms with Crippen LogP contribution in [0.1, 0.15) is 52.0 Å². The van der Waals surface area contributed by atoms with E-state index in [4.69, 9.17) is 0 Å². The molecule has 0 bridgehead atoms. The summed E-state index contributed by atoms with van der Waals surface area (Å²) in [5, 5.41) is 2.96. The van der Waals surface area contributed by atoms with Gasteiger partial charge in [-0.2, -0.15) is 0 Å². The second-order valence-corrected chi connectivity index (χ2v) is 7.85. The Morgan fingerprint density at radius 1 is 1.17 bits per heavy atom. The van der Waals surface area contributed by atoms with Gasteiger partial charge in [0.2, 0.25) is 11.8 Å². The van der Waals surface area contributed by atoms with Crippen LogP contribution in [-0.4, -0.2) is 29.3 Å². The van der Waals surface area contributed by atoms with Crippen molar-refractivity contribution in [1.29, 1.82) is 0 Å². The largest absolute Gasteiger partial charge is 0.339 e. The van der Waals surface area contributed by atoms with E-state index in [2.05, 4.69) is 38.2 Å². The molecule has 4 heteroatoms. The molecule has 0 aromatic heterocycles. The summed E-state index contributed by atoms with van der Waals surface area (Å²) in [5.41, 5.74) is 2.14. The van der Waals surface area contributed by atoms with E-state index in [-0.39, 0.29) is 23.1 Å². The molecule has 23 heavy (non-hydrogen) atoms. The fourth-order valence-corrected chi connectivity index (χ4v) is 3.26. The summed E-state index contributed by atoms with van der Waals surface area (Å²) >= 11 is 0. The highest BCUT2D eigenvalue weighted by Crippen LogP contribution is 2.31. The second kappa shape index (κ2) is 5.99. The molecule has 1 saturated heterocycles. The molecule has 0 spiro atoms. The van der Waals surface area contributed by atoms with Crippen molar-refractivity contribution >= 4 is 17.5 Å². The fraction of sp³-hybridized carbons (Fsp3) is 0.579. The van der Waals surface area contributed by atoms with Gasteiger partial charge in [0.05, 0.1) is 5.92 Å². The maximum atomic E-state index is 12.4. The molecule has 1 aliphatic heterocycles. The standard InChI is InChI=1S/C19H26N2O2/c1-19(2,3)14-7-9-15(10-8-14)20-18(23)13-11-17(22)21(12-13)16-5-4-6-16/h7-10,13,16H,4-6,11-12H2,1-3H3,(H,20,23). The van der Waals surface area contributed by atoms with Gasteiger partial charge >= 0.3 is 0 Å². The maximum Gasteiger partial charge on any atom is 0.229 e. The van der Waals surface area contributed by atoms with Crippen molar-refractivity contribution in [3.8, 4) is 0 Å². The third-order valence-electron chi connectivity index (χ3n) is 5.06. The molecule has 2 amide bonds. The number of nitrogens with zero attached hydrogens (tertiary/aromatic N) is 1. The smallest absolute Gasteiger partial charge is 0.229 e. The second-order valence-electron chi connectivity index (χ2n) is 7.85. The zero-order valence-corrected chi connectivity index (χ0v) is 14.3. The zero-order chi connectivity index (χ0) is 16.6. The lowest BCUT2D eigenvalue weighted by molar-refractivity contribution is -0.131. The van der Waals surface area contributed by atoms with Crippen LogP contribution >= 0.6 is 0 Å². The van der Waals surface area contributed by atoms with Gasteiger partial charge in [-0.25, -0.2) is 0 Å². The van der Waals surface area contributed by atoms with Crippen LogP contribution in [0.5, 0.6) is 0 Å². The number of likely N-dealkylation sites (tertiary alicyclic amines) is 1. The van der Waals surface area contributed by atoms with E-state index >= 15 is 0 Å². The molecular weight excluding hydrogens is 288 g/mol. The highest BCUT2D eigenvalue weighted by Gasteiger charge is 2.39. The van der Waals surface area contributed by atoms with Crippen molar-refractivity contribution in [2.75, 3.05) is 11.9 Å². The molecule has 1 saturated carbocycles. The van der Waals surface area contributed by atoms with Crippen molar-refractivity contribution in [1.82, 2.24) is 4.90 Å². The molecule has 0 radical (unpaired) electrons. The SMILES string of the molecule is CC(C)(C)c1ccc(NC(=O)C2CC(=O)N(C3CCC3)C2)cc1. The van der Waals surface area contributed by atoms with Gasteiger partial charge in [0.15, 0.2) is 0 Å². The van der Waals surface area contributed by atoms with E-state index in [1.165, 1.54) is 12.0 Å². The number of nitrogens with one attached hydrogen (secondary N) is 1. The lowest BCUT2D eigenvalue weighted by atomic mass is 9.87. The molecule has 4 nitrogen and oxygen atoms in total. The normalized spacial score (nSPS) is 22.1. The molecule has 1 aliphatic carbocycles. The summed E-state index contributed by atoms with van der Waals surface area (Å²) < 4.78 is 0. The molecule has 2 fully saturated rings. The number of benzene rings is 1. The summed E-state index contributed by atoms with van der Waals surface area (Å²) in [6, 6.07) is 8.37. The van der Waals surface area contributed by atoms with Crippen LogP contribution in [0.2, 0.25) is 0 Å². The van der Waals surface area contributed by atoms with Crippen molar-refractivity contribution in [2.45, 2.75) is 57.9 Å². The molecule has 1 N–H and O–H groups in total. The quantitative estimate of drug-likeness (QED) is 0.930. The first-order valence-corrected chi connectivity index (χ1v) is 8.55. The zero-order valence-electron chi connectivity index (χ0n) is 14.3. The number of amides is 2. The molecule has 1 aromatic rings. The Kier molecular flexibility index (Phi) is 4.17. The Balaban J connectivity index is 1.60. The fourth-order valence-electron chi connectivity index (χ4n) is 3.26. The van der Waals surface area contributed by atoms with Gasteiger partial charge in [-0.1, -0.05) is 32.9 Å². The predicted molar refractivity (Wildman–Crippen MR) is 91.2 cm³/mol. The van der Waals surface area contributed by atoms with Gasteiger partial charge in [-0.15, -0.1) is 0 Å². The Morgan fingerprint density at radius 3 is 2.35 bits per heavy atom. The van der Waals surface area contributed by atoms with Gasteiger partial charge in [0.25, 0.3) is 0 Å². The molecule has 124 valence electrons. The van der Waals surface area contributed by atoms with Gasteiger partial charge in [0, 0.05) is 24.7 Å². The summed E-state index contributed by atoms with van der Waals surface area (Å²) in [4.78, 5) is 26.4. The van der Waals surface area contributed by atoms with Crippen molar-refractivity contribution < 1.29 is 9.59 Å². The average Bonchev–Trinajstić information content (AvgIpc) is 2.79. The first-order valence-electron chi connectivity index (χ1n) is 8.55. The first-order chi connectivity index (χ1) is 10.8. The molecule has 1 unspecified atom stereocenters. The lowest BCUT2D eigenvalue weighted by Gasteiger charge is -2.34. The van der Waals surface area contributed by atoms with Crippen LogP contribution < -0.4 is 5.32 Å². The summed E-state index contributed by atoms with van der Waals surface area (Å²) in [6.45, 7) is 7.08. The number of carbonyl (C=O) groups is 2. The third-order valence-corrected chi connectivity index (χ3v) is 5.06. The van der Waals surface area contributed by atoms with Crippen LogP contribution in [0.3, 0.4) is 0 Å². The van der Waals surface area contributed by atoms with Gasteiger partial charge in [-0.05, 0) is 42.4 Å². The van der Waals surface area contributed by atoms with E-state index < -0.39 is 0 Å². The Labute approximate surface area is 138 Å². The predicted octanol–water partition coefficient (Wildman–Crippen LogP) is 3.32. The molecule has 1 heterocycles. The van der Waals surface area contributed by atoms with E-state index in [1.54, 1.807) is 0 Å². The van der Waals surface area contributed by atoms with Gasteiger partial charge in [0.1, 0.15) is 0 Å². The minimum absolute atomic E-state index is 0.0383. The molecule has 2 aliphatic rings. The number of rotatable bonds is 3. The number of hydrogen-bond acceptors (Lipinski definition) is 2. The minimum atomic E-state index is -0.217. The van der Waals surface area contributed by atoms with Gasteiger partial charge in [-0.3, -0.25) is 9.59 Å². The minimum Gasteiger partial charge on any atom is -0.339 e. The van der Waals surface area contributed by atoms with Crippen molar-refractivity contribution in [3.63, 3.8) is 0 Å². The average molecular weight is 314 g/mol.